The molecule has 1 aromatic heterocycles. The van der Waals surface area contributed by atoms with Crippen LogP contribution in [0.2, 0.25) is 0 Å². The summed E-state index contributed by atoms with van der Waals surface area (Å²) in [6, 6.07) is 0. The molecule has 0 radical (unpaired) electrons. The molecule has 0 saturated carbocycles. The number of nitrogen functional groups attached to an aromatic ring is 1. The number of aliphatic hydroxyl groups is 1. The van der Waals surface area contributed by atoms with E-state index in [1.165, 1.54) is 6.08 Å². The minimum Gasteiger partial charge on any atom is -0.393 e. The second kappa shape index (κ2) is 5.93. The second-order valence-corrected chi connectivity index (χ2v) is 5.06. The number of aromatic nitrogens is 2. The molecule has 2 heterocycles. The minimum absolute atomic E-state index is 0.108. The Balaban J connectivity index is 2.48. The molecule has 1 aliphatic rings. The largest absolute Gasteiger partial charge is 0.393 e. The van der Waals surface area contributed by atoms with E-state index < -0.39 is 36.7 Å². The third-order valence-electron chi connectivity index (χ3n) is 3.04. The summed E-state index contributed by atoms with van der Waals surface area (Å²) < 4.78 is 47.9. The van der Waals surface area contributed by atoms with Crippen LogP contribution in [0.3, 0.4) is 0 Å². The fraction of sp³-hybridized carbons (Fsp3) is 0.455. The minimum atomic E-state index is -3.90. The van der Waals surface area contributed by atoms with Gasteiger partial charge in [-0.05, 0) is 10.2 Å². The molecule has 1 aromatic rings. The molecule has 1 saturated heterocycles. The zero-order chi connectivity index (χ0) is 15.8. The molecular formula is C11H11F3IN3O3. The van der Waals surface area contributed by atoms with Crippen LogP contribution in [0.1, 0.15) is 11.8 Å². The second-order valence-electron chi connectivity index (χ2n) is 4.34. The highest BCUT2D eigenvalue weighted by molar-refractivity contribution is 14.1. The van der Waals surface area contributed by atoms with E-state index in [4.69, 9.17) is 15.6 Å². The molecule has 3 unspecified atom stereocenters. The molecule has 3 N–H and O–H groups in total. The fourth-order valence-corrected chi connectivity index (χ4v) is 2.33. The molecule has 10 heteroatoms. The Hall–Kier alpha value is -1.14. The molecule has 0 aromatic carbocycles. The quantitative estimate of drug-likeness (QED) is 0.720. The number of alkyl halides is 3. The van der Waals surface area contributed by atoms with Gasteiger partial charge in [-0.15, -0.1) is 0 Å². The monoisotopic (exact) mass is 417 g/mol. The van der Waals surface area contributed by atoms with Crippen LogP contribution in [-0.4, -0.2) is 39.5 Å². The summed E-state index contributed by atoms with van der Waals surface area (Å²) in [5.41, 5.74) is 4.76. The molecular weight excluding hydrogens is 406 g/mol. The molecule has 116 valence electrons. The van der Waals surface area contributed by atoms with Crippen molar-refractivity contribution in [3.63, 3.8) is 0 Å². The summed E-state index contributed by atoms with van der Waals surface area (Å²) in [5, 5.41) is 8.83. The predicted octanol–water partition coefficient (Wildman–Crippen LogP) is 1.09. The van der Waals surface area contributed by atoms with Gasteiger partial charge in [0.2, 0.25) is 6.17 Å². The topological polar surface area (TPSA) is 90.4 Å². The first-order chi connectivity index (χ1) is 9.82. The Morgan fingerprint density at radius 2 is 2.29 bits per heavy atom. The van der Waals surface area contributed by atoms with Crippen LogP contribution < -0.4 is 11.4 Å². The lowest BCUT2D eigenvalue weighted by molar-refractivity contribution is -0.111. The lowest BCUT2D eigenvalue weighted by Gasteiger charge is -2.17. The van der Waals surface area contributed by atoms with E-state index >= 15 is 0 Å². The van der Waals surface area contributed by atoms with Crippen LogP contribution in [0.4, 0.5) is 19.0 Å². The van der Waals surface area contributed by atoms with Crippen molar-refractivity contribution in [2.75, 3.05) is 12.3 Å². The van der Waals surface area contributed by atoms with E-state index in [1.807, 2.05) is 22.6 Å². The van der Waals surface area contributed by atoms with Gasteiger partial charge in [0.05, 0.1) is 6.61 Å². The van der Waals surface area contributed by atoms with Crippen LogP contribution in [0, 0.1) is 0 Å². The van der Waals surface area contributed by atoms with Crippen molar-refractivity contribution >= 4 is 34.5 Å². The molecule has 2 rings (SSSR count). The Bertz CT molecular complexity index is 622. The third-order valence-corrected chi connectivity index (χ3v) is 3.40. The summed E-state index contributed by atoms with van der Waals surface area (Å²) >= 11 is 1.89. The first-order valence-electron chi connectivity index (χ1n) is 5.76. The standard InChI is InChI=1S/C11H11F3IN3O3/c12-7-9(21-6(4-19)11(7,13)14)18-3-5(1-2-15)8(16)17-10(18)20/h1-3,6-7,9,19H,4H2,(H2,16,17,20)/b2-1+. The van der Waals surface area contributed by atoms with Crippen molar-refractivity contribution in [3.8, 4) is 0 Å². The van der Waals surface area contributed by atoms with Crippen molar-refractivity contribution in [2.45, 2.75) is 24.4 Å². The van der Waals surface area contributed by atoms with Gasteiger partial charge in [-0.3, -0.25) is 4.57 Å². The molecule has 1 aliphatic heterocycles. The van der Waals surface area contributed by atoms with Crippen LogP contribution >= 0.6 is 22.6 Å². The lowest BCUT2D eigenvalue weighted by atomic mass is 10.1. The van der Waals surface area contributed by atoms with E-state index in [0.717, 1.165) is 6.20 Å². The average molecular weight is 417 g/mol. The highest BCUT2D eigenvalue weighted by atomic mass is 127. The Kier molecular flexibility index (Phi) is 4.58. The predicted molar refractivity (Wildman–Crippen MR) is 76.8 cm³/mol. The summed E-state index contributed by atoms with van der Waals surface area (Å²) in [6.45, 7) is -1.07. The number of rotatable bonds is 3. The number of aliphatic hydroxyl groups excluding tert-OH is 1. The van der Waals surface area contributed by atoms with E-state index in [0.29, 0.717) is 4.57 Å². The summed E-state index contributed by atoms with van der Waals surface area (Å²) in [7, 11) is 0. The number of anilines is 1. The zero-order valence-corrected chi connectivity index (χ0v) is 12.6. The maximum absolute atomic E-state index is 13.9. The van der Waals surface area contributed by atoms with Crippen molar-refractivity contribution in [3.05, 3.63) is 26.3 Å². The molecule has 6 nitrogen and oxygen atoms in total. The van der Waals surface area contributed by atoms with Gasteiger partial charge < -0.3 is 15.6 Å². The molecule has 3 atom stereocenters. The Morgan fingerprint density at radius 3 is 2.81 bits per heavy atom. The number of hydrogen-bond donors (Lipinski definition) is 2. The first kappa shape index (κ1) is 16.2. The number of ether oxygens (including phenoxy) is 1. The summed E-state index contributed by atoms with van der Waals surface area (Å²) in [5.74, 6) is -4.01. The van der Waals surface area contributed by atoms with E-state index in [1.54, 1.807) is 4.08 Å². The molecule has 0 amide bonds. The normalized spacial score (nSPS) is 28.3. The number of halogens is 4. The van der Waals surface area contributed by atoms with E-state index in [-0.39, 0.29) is 11.4 Å². The van der Waals surface area contributed by atoms with Gasteiger partial charge in [-0.2, -0.15) is 4.98 Å². The first-order valence-corrected chi connectivity index (χ1v) is 7.01. The Labute approximate surface area is 130 Å². The molecule has 0 spiro atoms. The van der Waals surface area contributed by atoms with Crippen LogP contribution in [0.5, 0.6) is 0 Å². The smallest absolute Gasteiger partial charge is 0.351 e. The zero-order valence-electron chi connectivity index (χ0n) is 10.4. The van der Waals surface area contributed by atoms with Gasteiger partial charge in [0.1, 0.15) is 11.9 Å². The Morgan fingerprint density at radius 1 is 1.62 bits per heavy atom. The van der Waals surface area contributed by atoms with Crippen molar-refractivity contribution in [1.29, 1.82) is 0 Å². The van der Waals surface area contributed by atoms with Crippen molar-refractivity contribution in [1.82, 2.24) is 9.55 Å². The summed E-state index contributed by atoms with van der Waals surface area (Å²) in [4.78, 5) is 15.2. The maximum Gasteiger partial charge on any atom is 0.351 e. The number of nitrogens with two attached hydrogens (primary N) is 1. The van der Waals surface area contributed by atoms with Gasteiger partial charge in [-0.1, -0.05) is 22.6 Å². The van der Waals surface area contributed by atoms with Crippen molar-refractivity contribution in [2.24, 2.45) is 0 Å². The SMILES string of the molecule is Nc1nc(=O)n(C2OC(CO)C(F)(F)C2F)cc1/C=C/I. The van der Waals surface area contributed by atoms with Gasteiger partial charge >= 0.3 is 11.6 Å². The van der Waals surface area contributed by atoms with Gasteiger partial charge in [0, 0.05) is 11.8 Å². The van der Waals surface area contributed by atoms with Gasteiger partial charge in [0.25, 0.3) is 0 Å². The molecule has 21 heavy (non-hydrogen) atoms. The van der Waals surface area contributed by atoms with Crippen LogP contribution in [0.25, 0.3) is 6.08 Å². The molecule has 0 aliphatic carbocycles. The molecule has 1 fully saturated rings. The fourth-order valence-electron chi connectivity index (χ4n) is 1.94. The average Bonchev–Trinajstić information content (AvgIpc) is 2.64. The highest BCUT2D eigenvalue weighted by Crippen LogP contribution is 2.42. The molecule has 0 bridgehead atoms. The lowest BCUT2D eigenvalue weighted by Crippen LogP contribution is -2.39. The van der Waals surface area contributed by atoms with E-state index in [9.17, 15) is 18.0 Å². The van der Waals surface area contributed by atoms with Crippen LogP contribution in [0.15, 0.2) is 15.1 Å². The summed E-state index contributed by atoms with van der Waals surface area (Å²) in [6.07, 6.45) is -4.12. The van der Waals surface area contributed by atoms with Gasteiger partial charge in [-0.25, -0.2) is 18.0 Å². The maximum atomic E-state index is 13.9. The highest BCUT2D eigenvalue weighted by Gasteiger charge is 2.60. The van der Waals surface area contributed by atoms with Gasteiger partial charge in [0.15, 0.2) is 6.23 Å². The van der Waals surface area contributed by atoms with Crippen LogP contribution in [-0.2, 0) is 4.74 Å². The number of hydrogen-bond acceptors (Lipinski definition) is 5. The third kappa shape index (κ3) is 2.79. The van der Waals surface area contributed by atoms with E-state index in [2.05, 4.69) is 4.98 Å². The van der Waals surface area contributed by atoms with Crippen molar-refractivity contribution < 1.29 is 23.0 Å². The number of nitrogens with zero attached hydrogens (tertiary/aromatic N) is 2.